The molecule has 0 aliphatic rings. The highest BCUT2D eigenvalue weighted by Crippen LogP contribution is 2.18. The van der Waals surface area contributed by atoms with Gasteiger partial charge < -0.3 is 4.98 Å². The lowest BCUT2D eigenvalue weighted by molar-refractivity contribution is 1.24. The maximum Gasteiger partial charge on any atom is 0.137 e. The number of aromatic amines is 1. The predicted octanol–water partition coefficient (Wildman–Crippen LogP) is 3.00. The van der Waals surface area contributed by atoms with E-state index in [9.17, 15) is 0 Å². The number of hydrogen-bond acceptors (Lipinski definition) is 1. The molecule has 0 radical (unpaired) electrons. The smallest absolute Gasteiger partial charge is 0.137 e. The van der Waals surface area contributed by atoms with Crippen molar-refractivity contribution in [3.8, 4) is 11.4 Å². The van der Waals surface area contributed by atoms with Gasteiger partial charge in [-0.25, -0.2) is 4.98 Å². The van der Waals surface area contributed by atoms with Gasteiger partial charge in [-0.1, -0.05) is 12.1 Å². The van der Waals surface area contributed by atoms with Gasteiger partial charge >= 0.3 is 0 Å². The number of imidazole rings is 1. The lowest BCUT2D eigenvalue weighted by Crippen LogP contribution is -1.85. The molecule has 1 aromatic carbocycles. The minimum Gasteiger partial charge on any atom is -0.342 e. The Hall–Kier alpha value is -1.57. The maximum absolute atomic E-state index is 4.30. The van der Waals surface area contributed by atoms with Crippen LogP contribution >= 0.6 is 0 Å². The zero-order chi connectivity index (χ0) is 10.1. The second-order valence-electron chi connectivity index (χ2n) is 3.71. The Balaban J connectivity index is 2.47. The summed E-state index contributed by atoms with van der Waals surface area (Å²) in [6.07, 6.45) is 1.85. The van der Waals surface area contributed by atoms with Gasteiger partial charge in [0.15, 0.2) is 0 Å². The Bertz CT molecular complexity index is 455. The van der Waals surface area contributed by atoms with E-state index in [0.717, 1.165) is 17.1 Å². The van der Waals surface area contributed by atoms with Crippen molar-refractivity contribution in [2.24, 2.45) is 0 Å². The fraction of sp³-hybridized carbons (Fsp3) is 0.250. The van der Waals surface area contributed by atoms with Crippen LogP contribution in [-0.2, 0) is 0 Å². The van der Waals surface area contributed by atoms with Crippen LogP contribution in [0.2, 0.25) is 0 Å². The Morgan fingerprint density at radius 3 is 2.43 bits per heavy atom. The van der Waals surface area contributed by atoms with Gasteiger partial charge in [-0.15, -0.1) is 0 Å². The van der Waals surface area contributed by atoms with Gasteiger partial charge in [-0.05, 0) is 38.0 Å². The van der Waals surface area contributed by atoms with Crippen molar-refractivity contribution >= 4 is 0 Å². The molecule has 1 heterocycles. The Morgan fingerprint density at radius 2 is 1.86 bits per heavy atom. The molecule has 1 N–H and O–H groups in total. The van der Waals surface area contributed by atoms with E-state index in [1.165, 1.54) is 11.1 Å². The van der Waals surface area contributed by atoms with E-state index in [2.05, 4.69) is 42.0 Å². The van der Waals surface area contributed by atoms with Crippen molar-refractivity contribution in [2.75, 3.05) is 0 Å². The first-order chi connectivity index (χ1) is 6.66. The van der Waals surface area contributed by atoms with E-state index in [0.29, 0.717) is 0 Å². The number of aryl methyl sites for hydroxylation is 3. The largest absolute Gasteiger partial charge is 0.342 e. The summed E-state index contributed by atoms with van der Waals surface area (Å²) in [5, 5.41) is 0. The lowest BCUT2D eigenvalue weighted by atomic mass is 10.1. The number of nitrogens with one attached hydrogen (secondary N) is 1. The van der Waals surface area contributed by atoms with Gasteiger partial charge in [0.25, 0.3) is 0 Å². The second-order valence-corrected chi connectivity index (χ2v) is 3.71. The summed E-state index contributed by atoms with van der Waals surface area (Å²) in [5.41, 5.74) is 4.87. The third-order valence-electron chi connectivity index (χ3n) is 2.48. The number of benzene rings is 1. The average molecular weight is 186 g/mol. The Kier molecular flexibility index (Phi) is 2.12. The van der Waals surface area contributed by atoms with Gasteiger partial charge in [0.2, 0.25) is 0 Å². The third-order valence-corrected chi connectivity index (χ3v) is 2.48. The highest BCUT2D eigenvalue weighted by Gasteiger charge is 2.02. The Labute approximate surface area is 84.0 Å². The monoisotopic (exact) mass is 186 g/mol. The zero-order valence-corrected chi connectivity index (χ0v) is 8.76. The van der Waals surface area contributed by atoms with Crippen molar-refractivity contribution in [1.82, 2.24) is 9.97 Å². The molecule has 14 heavy (non-hydrogen) atoms. The van der Waals surface area contributed by atoms with Crippen molar-refractivity contribution in [3.05, 3.63) is 41.2 Å². The molecule has 0 bridgehead atoms. The zero-order valence-electron chi connectivity index (χ0n) is 8.76. The first-order valence-electron chi connectivity index (χ1n) is 4.76. The second kappa shape index (κ2) is 3.29. The fourth-order valence-electron chi connectivity index (χ4n) is 1.45. The van der Waals surface area contributed by atoms with Crippen LogP contribution < -0.4 is 0 Å². The SMILES string of the molecule is Cc1cnc(-c2ccc(C)c(C)c2)[nH]1. The highest BCUT2D eigenvalue weighted by atomic mass is 14.9. The molecule has 1 aromatic heterocycles. The minimum absolute atomic E-state index is 0.950. The van der Waals surface area contributed by atoms with Crippen LogP contribution in [0.5, 0.6) is 0 Å². The molecule has 2 aromatic rings. The van der Waals surface area contributed by atoms with E-state index < -0.39 is 0 Å². The van der Waals surface area contributed by atoms with E-state index >= 15 is 0 Å². The standard InChI is InChI=1S/C12H14N2/c1-8-4-5-11(6-9(8)2)12-13-7-10(3)14-12/h4-7H,1-3H3,(H,13,14). The molecule has 72 valence electrons. The summed E-state index contributed by atoms with van der Waals surface area (Å²) in [4.78, 5) is 7.53. The minimum atomic E-state index is 0.950. The van der Waals surface area contributed by atoms with Crippen molar-refractivity contribution < 1.29 is 0 Å². The summed E-state index contributed by atoms with van der Waals surface area (Å²) in [5.74, 6) is 0.950. The number of hydrogen-bond donors (Lipinski definition) is 1. The maximum atomic E-state index is 4.30. The van der Waals surface area contributed by atoms with Crippen LogP contribution in [-0.4, -0.2) is 9.97 Å². The molecule has 0 saturated heterocycles. The molecule has 2 nitrogen and oxygen atoms in total. The number of rotatable bonds is 1. The quantitative estimate of drug-likeness (QED) is 0.728. The van der Waals surface area contributed by atoms with Crippen molar-refractivity contribution in [1.29, 1.82) is 0 Å². The van der Waals surface area contributed by atoms with Gasteiger partial charge in [0.1, 0.15) is 5.82 Å². The van der Waals surface area contributed by atoms with Crippen LogP contribution in [0.25, 0.3) is 11.4 Å². The summed E-state index contributed by atoms with van der Waals surface area (Å²) < 4.78 is 0. The average Bonchev–Trinajstić information content (AvgIpc) is 2.57. The molecule has 0 fully saturated rings. The van der Waals surface area contributed by atoms with Gasteiger partial charge in [-0.2, -0.15) is 0 Å². The predicted molar refractivity (Wildman–Crippen MR) is 58.2 cm³/mol. The summed E-state index contributed by atoms with van der Waals surface area (Å²) in [6, 6.07) is 6.39. The highest BCUT2D eigenvalue weighted by molar-refractivity contribution is 5.57. The molecule has 0 atom stereocenters. The normalized spacial score (nSPS) is 10.5. The molecular formula is C12H14N2. The van der Waals surface area contributed by atoms with Crippen molar-refractivity contribution in [2.45, 2.75) is 20.8 Å². The van der Waals surface area contributed by atoms with E-state index in [-0.39, 0.29) is 0 Å². The molecule has 0 aliphatic carbocycles. The van der Waals surface area contributed by atoms with E-state index in [1.807, 2.05) is 13.1 Å². The van der Waals surface area contributed by atoms with Crippen LogP contribution in [0.1, 0.15) is 16.8 Å². The molecule has 0 unspecified atom stereocenters. The first kappa shape index (κ1) is 9.00. The summed E-state index contributed by atoms with van der Waals surface area (Å²) >= 11 is 0. The number of nitrogens with zero attached hydrogens (tertiary/aromatic N) is 1. The van der Waals surface area contributed by atoms with Crippen LogP contribution in [0, 0.1) is 20.8 Å². The third kappa shape index (κ3) is 1.55. The molecule has 2 heteroatoms. The van der Waals surface area contributed by atoms with Crippen LogP contribution in [0.15, 0.2) is 24.4 Å². The topological polar surface area (TPSA) is 28.7 Å². The van der Waals surface area contributed by atoms with Crippen LogP contribution in [0.4, 0.5) is 0 Å². The molecule has 0 amide bonds. The number of H-pyrrole nitrogens is 1. The molecular weight excluding hydrogens is 172 g/mol. The van der Waals surface area contributed by atoms with Crippen LogP contribution in [0.3, 0.4) is 0 Å². The van der Waals surface area contributed by atoms with Gasteiger partial charge in [-0.3, -0.25) is 0 Å². The van der Waals surface area contributed by atoms with E-state index in [1.54, 1.807) is 0 Å². The van der Waals surface area contributed by atoms with Crippen molar-refractivity contribution in [3.63, 3.8) is 0 Å². The van der Waals surface area contributed by atoms with E-state index in [4.69, 9.17) is 0 Å². The van der Waals surface area contributed by atoms with Gasteiger partial charge in [0.05, 0.1) is 0 Å². The first-order valence-corrected chi connectivity index (χ1v) is 4.76. The molecule has 0 saturated carbocycles. The lowest BCUT2D eigenvalue weighted by Gasteiger charge is -2.02. The fourth-order valence-corrected chi connectivity index (χ4v) is 1.45. The molecule has 2 rings (SSSR count). The summed E-state index contributed by atoms with van der Waals surface area (Å²) in [6.45, 7) is 6.25. The molecule has 0 spiro atoms. The Morgan fingerprint density at radius 1 is 1.07 bits per heavy atom. The van der Waals surface area contributed by atoms with Gasteiger partial charge in [0, 0.05) is 17.5 Å². The summed E-state index contributed by atoms with van der Waals surface area (Å²) in [7, 11) is 0. The number of aromatic nitrogens is 2. The molecule has 0 aliphatic heterocycles.